The Kier molecular flexibility index (Phi) is 6.55. The van der Waals surface area contributed by atoms with Crippen LogP contribution in [0.3, 0.4) is 0 Å². The Morgan fingerprint density at radius 1 is 0.933 bits per heavy atom. The van der Waals surface area contributed by atoms with Crippen molar-refractivity contribution in [3.63, 3.8) is 0 Å². The van der Waals surface area contributed by atoms with Crippen LogP contribution in [0, 0.1) is 10.1 Å². The second kappa shape index (κ2) is 9.29. The first-order chi connectivity index (χ1) is 14.4. The predicted octanol–water partition coefficient (Wildman–Crippen LogP) is 3.42. The highest BCUT2D eigenvalue weighted by molar-refractivity contribution is 7.89. The van der Waals surface area contributed by atoms with Crippen molar-refractivity contribution in [2.45, 2.75) is 11.4 Å². The molecule has 0 heterocycles. The lowest BCUT2D eigenvalue weighted by Crippen LogP contribution is -2.37. The number of rotatable bonds is 8. The molecule has 0 bridgehead atoms. The third kappa shape index (κ3) is 5.28. The number of carbonyl (C=O) groups excluding carboxylic acids is 1. The van der Waals surface area contributed by atoms with Crippen molar-refractivity contribution in [2.24, 2.45) is 0 Å². The van der Waals surface area contributed by atoms with Gasteiger partial charge < -0.3 is 5.32 Å². The number of sulfonamides is 1. The Bertz CT molecular complexity index is 1140. The van der Waals surface area contributed by atoms with Crippen LogP contribution < -0.4 is 5.32 Å². The van der Waals surface area contributed by atoms with Crippen LogP contribution in [-0.2, 0) is 21.4 Å². The van der Waals surface area contributed by atoms with Gasteiger partial charge in [0.05, 0.1) is 16.4 Å². The van der Waals surface area contributed by atoms with E-state index in [-0.39, 0.29) is 22.8 Å². The number of nitro groups is 1. The van der Waals surface area contributed by atoms with Gasteiger partial charge in [0.25, 0.3) is 5.69 Å². The zero-order chi connectivity index (χ0) is 21.6. The number of hydrogen-bond donors (Lipinski definition) is 1. The van der Waals surface area contributed by atoms with Gasteiger partial charge in [0, 0.05) is 24.4 Å². The van der Waals surface area contributed by atoms with Crippen molar-refractivity contribution >= 4 is 27.3 Å². The van der Waals surface area contributed by atoms with E-state index in [9.17, 15) is 23.3 Å². The molecule has 154 valence electrons. The van der Waals surface area contributed by atoms with E-state index in [1.807, 2.05) is 6.07 Å². The highest BCUT2D eigenvalue weighted by Gasteiger charge is 2.27. The van der Waals surface area contributed by atoms with Crippen molar-refractivity contribution in [3.05, 3.63) is 101 Å². The van der Waals surface area contributed by atoms with Crippen LogP contribution in [0.2, 0.25) is 0 Å². The molecule has 3 rings (SSSR count). The lowest BCUT2D eigenvalue weighted by atomic mass is 10.2. The van der Waals surface area contributed by atoms with E-state index in [0.29, 0.717) is 0 Å². The van der Waals surface area contributed by atoms with Gasteiger partial charge in [-0.05, 0) is 23.8 Å². The summed E-state index contributed by atoms with van der Waals surface area (Å²) in [6.07, 6.45) is 0. The third-order valence-corrected chi connectivity index (χ3v) is 6.05. The van der Waals surface area contributed by atoms with Crippen LogP contribution in [0.1, 0.15) is 5.56 Å². The van der Waals surface area contributed by atoms with Gasteiger partial charge in [-0.1, -0.05) is 54.6 Å². The summed E-state index contributed by atoms with van der Waals surface area (Å²) in [4.78, 5) is 23.0. The number of anilines is 1. The first-order valence-electron chi connectivity index (χ1n) is 9.00. The molecule has 0 radical (unpaired) electrons. The van der Waals surface area contributed by atoms with E-state index in [1.165, 1.54) is 36.4 Å². The number of non-ortho nitro benzene ring substituents is 1. The van der Waals surface area contributed by atoms with E-state index >= 15 is 0 Å². The molecule has 0 unspecified atom stereocenters. The van der Waals surface area contributed by atoms with Crippen molar-refractivity contribution in [2.75, 3.05) is 11.9 Å². The molecular formula is C21H19N3O5S. The summed E-state index contributed by atoms with van der Waals surface area (Å²) in [5.74, 6) is -0.606. The fourth-order valence-corrected chi connectivity index (χ4v) is 4.22. The van der Waals surface area contributed by atoms with Gasteiger partial charge >= 0.3 is 0 Å². The zero-order valence-corrected chi connectivity index (χ0v) is 16.7. The average Bonchev–Trinajstić information content (AvgIpc) is 2.75. The molecule has 0 saturated heterocycles. The molecule has 9 heteroatoms. The normalized spacial score (nSPS) is 11.2. The molecule has 0 aliphatic rings. The number of nitro benzene ring substituents is 1. The summed E-state index contributed by atoms with van der Waals surface area (Å²) in [7, 11) is -3.94. The highest BCUT2D eigenvalue weighted by Crippen LogP contribution is 2.20. The van der Waals surface area contributed by atoms with Crippen molar-refractivity contribution < 1.29 is 18.1 Å². The molecule has 0 atom stereocenters. The van der Waals surface area contributed by atoms with Gasteiger partial charge in [0.1, 0.15) is 0 Å². The third-order valence-electron chi connectivity index (χ3n) is 4.24. The minimum atomic E-state index is -3.94. The van der Waals surface area contributed by atoms with Crippen LogP contribution in [0.5, 0.6) is 0 Å². The minimum Gasteiger partial charge on any atom is -0.325 e. The Hall–Kier alpha value is -3.56. The van der Waals surface area contributed by atoms with E-state index in [4.69, 9.17) is 0 Å². The Morgan fingerprint density at radius 2 is 1.57 bits per heavy atom. The molecule has 1 N–H and O–H groups in total. The second-order valence-corrected chi connectivity index (χ2v) is 8.37. The monoisotopic (exact) mass is 425 g/mol. The van der Waals surface area contributed by atoms with Crippen molar-refractivity contribution in [1.82, 2.24) is 4.31 Å². The Morgan fingerprint density at radius 3 is 2.20 bits per heavy atom. The molecule has 0 spiro atoms. The highest BCUT2D eigenvalue weighted by atomic mass is 32.2. The second-order valence-electron chi connectivity index (χ2n) is 6.43. The fraction of sp³-hybridized carbons (Fsp3) is 0.0952. The van der Waals surface area contributed by atoms with Crippen LogP contribution >= 0.6 is 0 Å². The maximum atomic E-state index is 13.1. The summed E-state index contributed by atoms with van der Waals surface area (Å²) in [6, 6.07) is 22.2. The van der Waals surface area contributed by atoms with Gasteiger partial charge in [-0.25, -0.2) is 8.42 Å². The first-order valence-corrected chi connectivity index (χ1v) is 10.4. The van der Waals surface area contributed by atoms with Gasteiger partial charge in [-0.2, -0.15) is 4.31 Å². The van der Waals surface area contributed by atoms with Crippen LogP contribution in [0.15, 0.2) is 89.8 Å². The lowest BCUT2D eigenvalue weighted by molar-refractivity contribution is -0.384. The molecule has 30 heavy (non-hydrogen) atoms. The molecule has 3 aromatic rings. The summed E-state index contributed by atoms with van der Waals surface area (Å²) in [5.41, 5.74) is 0.761. The van der Waals surface area contributed by atoms with E-state index in [1.54, 1.807) is 42.5 Å². The molecule has 0 saturated carbocycles. The maximum absolute atomic E-state index is 13.1. The summed E-state index contributed by atoms with van der Waals surface area (Å²) >= 11 is 0. The zero-order valence-electron chi connectivity index (χ0n) is 15.8. The van der Waals surface area contributed by atoms with Crippen molar-refractivity contribution in [1.29, 1.82) is 0 Å². The number of carbonyl (C=O) groups is 1. The van der Waals surface area contributed by atoms with Gasteiger partial charge in [-0.15, -0.1) is 0 Å². The first kappa shape index (κ1) is 21.2. The minimum absolute atomic E-state index is 0.000422. The van der Waals surface area contributed by atoms with E-state index in [0.717, 1.165) is 9.87 Å². The number of hydrogen-bond acceptors (Lipinski definition) is 5. The summed E-state index contributed by atoms with van der Waals surface area (Å²) in [5, 5.41) is 13.4. The molecular weight excluding hydrogens is 406 g/mol. The molecule has 0 aliphatic carbocycles. The van der Waals surface area contributed by atoms with Crippen LogP contribution in [-0.4, -0.2) is 30.1 Å². The summed E-state index contributed by atoms with van der Waals surface area (Å²) < 4.78 is 27.3. The molecule has 0 fully saturated rings. The number of nitrogens with zero attached hydrogens (tertiary/aromatic N) is 2. The van der Waals surface area contributed by atoms with E-state index < -0.39 is 27.4 Å². The lowest BCUT2D eigenvalue weighted by Gasteiger charge is -2.22. The Labute approximate surface area is 174 Å². The summed E-state index contributed by atoms with van der Waals surface area (Å²) in [6.45, 7) is -0.449. The Balaban J connectivity index is 1.84. The average molecular weight is 425 g/mol. The van der Waals surface area contributed by atoms with Gasteiger partial charge in [-0.3, -0.25) is 14.9 Å². The number of benzene rings is 3. The van der Waals surface area contributed by atoms with Crippen LogP contribution in [0.4, 0.5) is 11.4 Å². The smallest absolute Gasteiger partial charge is 0.271 e. The van der Waals surface area contributed by atoms with E-state index in [2.05, 4.69) is 5.32 Å². The quantitative estimate of drug-likeness (QED) is 0.439. The standard InChI is InChI=1S/C21H19N3O5S/c25-21(22-18-10-7-11-19(14-18)24(26)27)16-23(15-17-8-3-1-4-9-17)30(28,29)20-12-5-2-6-13-20/h1-14H,15-16H2,(H,22,25). The van der Waals surface area contributed by atoms with Crippen molar-refractivity contribution in [3.8, 4) is 0 Å². The van der Waals surface area contributed by atoms with Crippen LogP contribution in [0.25, 0.3) is 0 Å². The SMILES string of the molecule is O=C(CN(Cc1ccccc1)S(=O)(=O)c1ccccc1)Nc1cccc([N+](=O)[O-])c1. The largest absolute Gasteiger partial charge is 0.325 e. The molecule has 1 amide bonds. The molecule has 0 aromatic heterocycles. The topological polar surface area (TPSA) is 110 Å². The molecule has 8 nitrogen and oxygen atoms in total. The number of amides is 1. The number of nitrogens with one attached hydrogen (secondary N) is 1. The van der Waals surface area contributed by atoms with Gasteiger partial charge in [0.15, 0.2) is 0 Å². The maximum Gasteiger partial charge on any atom is 0.271 e. The van der Waals surface area contributed by atoms with Gasteiger partial charge in [0.2, 0.25) is 15.9 Å². The molecule has 0 aliphatic heterocycles. The molecule has 3 aromatic carbocycles. The predicted molar refractivity (Wildman–Crippen MR) is 112 cm³/mol. The fourth-order valence-electron chi connectivity index (χ4n) is 2.81.